The van der Waals surface area contributed by atoms with E-state index in [9.17, 15) is 12.8 Å². The number of halogens is 2. The van der Waals surface area contributed by atoms with Gasteiger partial charge in [-0.2, -0.15) is 0 Å². The third-order valence-corrected chi connectivity index (χ3v) is 4.92. The maximum Gasteiger partial charge on any atom is 0.242 e. The van der Waals surface area contributed by atoms with E-state index in [1.54, 1.807) is 24.3 Å². The Morgan fingerprint density at radius 1 is 1.19 bits per heavy atom. The molecule has 3 N–H and O–H groups in total. The highest BCUT2D eigenvalue weighted by Gasteiger charge is 2.17. The van der Waals surface area contributed by atoms with E-state index in [2.05, 4.69) is 20.7 Å². The number of sulfonamides is 1. The molecule has 0 aliphatic heterocycles. The summed E-state index contributed by atoms with van der Waals surface area (Å²) in [6.07, 6.45) is 0.264. The third kappa shape index (κ3) is 4.03. The lowest BCUT2D eigenvalue weighted by molar-refractivity contribution is 0.577. The molecule has 0 atom stereocenters. The zero-order valence-corrected chi connectivity index (χ0v) is 13.4. The minimum Gasteiger partial charge on any atom is -0.398 e. The molecule has 21 heavy (non-hydrogen) atoms. The molecule has 2 rings (SSSR count). The monoisotopic (exact) mass is 372 g/mol. The number of nitrogens with one attached hydrogen (secondary N) is 1. The Kier molecular flexibility index (Phi) is 4.97. The van der Waals surface area contributed by atoms with Crippen LogP contribution in [0, 0.1) is 5.82 Å². The first-order chi connectivity index (χ1) is 9.90. The summed E-state index contributed by atoms with van der Waals surface area (Å²) in [6, 6.07) is 10.9. The van der Waals surface area contributed by atoms with E-state index in [4.69, 9.17) is 5.73 Å². The minimum absolute atomic E-state index is 0.00501. The van der Waals surface area contributed by atoms with Crippen LogP contribution in [0.2, 0.25) is 0 Å². The van der Waals surface area contributed by atoms with Gasteiger partial charge in [0, 0.05) is 11.0 Å². The van der Waals surface area contributed by atoms with Crippen LogP contribution in [0.4, 0.5) is 10.1 Å². The summed E-state index contributed by atoms with van der Waals surface area (Å²) in [5, 5.41) is 0. The van der Waals surface area contributed by atoms with Crippen molar-refractivity contribution in [2.45, 2.75) is 11.3 Å². The van der Waals surface area contributed by atoms with Crippen molar-refractivity contribution in [3.05, 3.63) is 58.3 Å². The smallest absolute Gasteiger partial charge is 0.242 e. The van der Waals surface area contributed by atoms with Crippen LogP contribution in [0.3, 0.4) is 0 Å². The van der Waals surface area contributed by atoms with Crippen molar-refractivity contribution in [3.8, 4) is 0 Å². The van der Waals surface area contributed by atoms with Crippen molar-refractivity contribution >= 4 is 31.6 Å². The molecular formula is C14H14BrFN2O2S. The summed E-state index contributed by atoms with van der Waals surface area (Å²) in [6.45, 7) is 0.0925. The Balaban J connectivity index is 2.08. The van der Waals surface area contributed by atoms with Crippen molar-refractivity contribution in [3.63, 3.8) is 0 Å². The summed E-state index contributed by atoms with van der Waals surface area (Å²) in [5.74, 6) is -0.348. The van der Waals surface area contributed by atoms with E-state index in [-0.39, 0.29) is 29.4 Å². The van der Waals surface area contributed by atoms with Crippen LogP contribution in [0.5, 0.6) is 0 Å². The molecule has 2 aromatic rings. The topological polar surface area (TPSA) is 72.2 Å². The van der Waals surface area contributed by atoms with Crippen LogP contribution in [0.25, 0.3) is 0 Å². The Labute approximate surface area is 131 Å². The van der Waals surface area contributed by atoms with Crippen molar-refractivity contribution in [2.75, 3.05) is 12.3 Å². The molecule has 0 aliphatic carbocycles. The fraction of sp³-hybridized carbons (Fsp3) is 0.143. The predicted octanol–water partition coefficient (Wildman–Crippen LogP) is 2.69. The molecule has 0 spiro atoms. The maximum absolute atomic E-state index is 13.4. The van der Waals surface area contributed by atoms with E-state index in [0.29, 0.717) is 10.0 Å². The second-order valence-corrected chi connectivity index (χ2v) is 7.07. The van der Waals surface area contributed by atoms with Gasteiger partial charge in [-0.15, -0.1) is 0 Å². The number of hydrogen-bond donors (Lipinski definition) is 2. The van der Waals surface area contributed by atoms with Crippen molar-refractivity contribution in [1.29, 1.82) is 0 Å². The van der Waals surface area contributed by atoms with Crippen LogP contribution in [0.15, 0.2) is 51.8 Å². The number of rotatable bonds is 5. The standard InChI is InChI=1S/C14H14BrFN2O2S/c15-11-5-6-13(17)14(9-11)21(19,20)18-8-7-10-3-1-2-4-12(10)16/h1-6,9,18H,7-8,17H2. The summed E-state index contributed by atoms with van der Waals surface area (Å²) < 4.78 is 40.8. The number of nitrogen functional groups attached to an aromatic ring is 1. The Bertz CT molecular complexity index is 750. The van der Waals surface area contributed by atoms with Crippen LogP contribution >= 0.6 is 15.9 Å². The van der Waals surface area contributed by atoms with E-state index < -0.39 is 10.0 Å². The van der Waals surface area contributed by atoms with Crippen LogP contribution in [0.1, 0.15) is 5.56 Å². The first-order valence-electron chi connectivity index (χ1n) is 6.18. The van der Waals surface area contributed by atoms with E-state index >= 15 is 0 Å². The SMILES string of the molecule is Nc1ccc(Br)cc1S(=O)(=O)NCCc1ccccc1F. The maximum atomic E-state index is 13.4. The normalized spacial score (nSPS) is 11.5. The zero-order valence-electron chi connectivity index (χ0n) is 11.0. The number of hydrogen-bond acceptors (Lipinski definition) is 3. The van der Waals surface area contributed by atoms with Gasteiger partial charge in [-0.1, -0.05) is 34.1 Å². The highest BCUT2D eigenvalue weighted by Crippen LogP contribution is 2.22. The largest absolute Gasteiger partial charge is 0.398 e. The van der Waals surface area contributed by atoms with Gasteiger partial charge in [0.15, 0.2) is 0 Å². The number of anilines is 1. The fourth-order valence-corrected chi connectivity index (χ4v) is 3.54. The summed E-state index contributed by atoms with van der Waals surface area (Å²) in [5.41, 5.74) is 6.31. The quantitative estimate of drug-likeness (QED) is 0.792. The van der Waals surface area contributed by atoms with Crippen molar-refractivity contribution in [2.24, 2.45) is 0 Å². The predicted molar refractivity (Wildman–Crippen MR) is 83.8 cm³/mol. The molecule has 2 aromatic carbocycles. The van der Waals surface area contributed by atoms with Crippen LogP contribution < -0.4 is 10.5 Å². The molecule has 7 heteroatoms. The lowest BCUT2D eigenvalue weighted by Gasteiger charge is -2.10. The van der Waals surface area contributed by atoms with Gasteiger partial charge in [0.2, 0.25) is 10.0 Å². The van der Waals surface area contributed by atoms with Crippen molar-refractivity contribution < 1.29 is 12.8 Å². The number of benzene rings is 2. The summed E-state index contributed by atoms with van der Waals surface area (Å²) in [7, 11) is -3.72. The van der Waals surface area contributed by atoms with E-state index in [0.717, 1.165) is 0 Å². The molecule has 0 heterocycles. The molecule has 0 unspecified atom stereocenters. The van der Waals surface area contributed by atoms with Gasteiger partial charge < -0.3 is 5.73 Å². The molecule has 0 fully saturated rings. The molecule has 4 nitrogen and oxygen atoms in total. The average molecular weight is 373 g/mol. The molecule has 0 aliphatic rings. The van der Waals surface area contributed by atoms with Gasteiger partial charge in [-0.3, -0.25) is 0 Å². The van der Waals surface area contributed by atoms with Gasteiger partial charge in [-0.05, 0) is 36.2 Å². The molecule has 0 bridgehead atoms. The van der Waals surface area contributed by atoms with Gasteiger partial charge >= 0.3 is 0 Å². The molecule has 0 radical (unpaired) electrons. The molecular weight excluding hydrogens is 359 g/mol. The van der Waals surface area contributed by atoms with Crippen molar-refractivity contribution in [1.82, 2.24) is 4.72 Å². The Morgan fingerprint density at radius 2 is 1.90 bits per heavy atom. The first-order valence-corrected chi connectivity index (χ1v) is 8.46. The van der Waals surface area contributed by atoms with E-state index in [1.807, 2.05) is 0 Å². The molecule has 0 amide bonds. The minimum atomic E-state index is -3.72. The average Bonchev–Trinajstić information content (AvgIpc) is 2.43. The summed E-state index contributed by atoms with van der Waals surface area (Å²) >= 11 is 3.21. The lowest BCUT2D eigenvalue weighted by atomic mass is 10.1. The van der Waals surface area contributed by atoms with E-state index in [1.165, 1.54) is 18.2 Å². The lowest BCUT2D eigenvalue weighted by Crippen LogP contribution is -2.27. The van der Waals surface area contributed by atoms with Crippen LogP contribution in [-0.4, -0.2) is 15.0 Å². The van der Waals surface area contributed by atoms with Gasteiger partial charge in [0.25, 0.3) is 0 Å². The molecule has 0 saturated carbocycles. The summed E-state index contributed by atoms with van der Waals surface area (Å²) in [4.78, 5) is 0.00501. The van der Waals surface area contributed by atoms with Crippen LogP contribution in [-0.2, 0) is 16.4 Å². The van der Waals surface area contributed by atoms with Gasteiger partial charge in [0.05, 0.1) is 5.69 Å². The molecule has 0 saturated heterocycles. The van der Waals surface area contributed by atoms with Gasteiger partial charge in [0.1, 0.15) is 10.7 Å². The third-order valence-electron chi connectivity index (χ3n) is 2.91. The highest BCUT2D eigenvalue weighted by molar-refractivity contribution is 9.10. The zero-order chi connectivity index (χ0) is 15.5. The Hall–Kier alpha value is -1.44. The number of nitrogens with two attached hydrogens (primary N) is 1. The first kappa shape index (κ1) is 15.9. The fourth-order valence-electron chi connectivity index (χ4n) is 1.84. The second kappa shape index (κ2) is 6.55. The Morgan fingerprint density at radius 3 is 2.62 bits per heavy atom. The van der Waals surface area contributed by atoms with Gasteiger partial charge in [-0.25, -0.2) is 17.5 Å². The highest BCUT2D eigenvalue weighted by atomic mass is 79.9. The molecule has 0 aromatic heterocycles. The molecule has 112 valence electrons. The second-order valence-electron chi connectivity index (χ2n) is 4.42.